The van der Waals surface area contributed by atoms with Crippen molar-refractivity contribution in [3.8, 4) is 0 Å². The van der Waals surface area contributed by atoms with E-state index in [0.717, 1.165) is 21.0 Å². The summed E-state index contributed by atoms with van der Waals surface area (Å²) in [4.78, 5) is 12.5. The van der Waals surface area contributed by atoms with Gasteiger partial charge in [-0.05, 0) is 48.9 Å². The number of rotatable bonds is 2. The maximum absolute atomic E-state index is 12.5. The summed E-state index contributed by atoms with van der Waals surface area (Å²) in [5.41, 5.74) is 1.32. The number of carbonyl (C=O) groups is 1. The fourth-order valence-corrected chi connectivity index (χ4v) is 2.75. The first-order valence-electron chi connectivity index (χ1n) is 6.35. The zero-order chi connectivity index (χ0) is 14.3. The summed E-state index contributed by atoms with van der Waals surface area (Å²) >= 11 is 3.45. The Bertz CT molecular complexity index is 815. The molecule has 1 aromatic heterocycles. The number of hydrogen-bond donors (Lipinski definition) is 0. The average Bonchev–Trinajstić information content (AvgIpc) is 2.76. The minimum atomic E-state index is 0.00386. The second kappa shape index (κ2) is 4.91. The Morgan fingerprint density at radius 1 is 1.00 bits per heavy atom. The number of hydrogen-bond acceptors (Lipinski definition) is 2. The Balaban J connectivity index is 2.08. The van der Waals surface area contributed by atoms with Gasteiger partial charge in [0, 0.05) is 10.0 Å². The summed E-state index contributed by atoms with van der Waals surface area (Å²) < 4.78 is 6.47. The first kappa shape index (κ1) is 13.1. The van der Waals surface area contributed by atoms with E-state index >= 15 is 0 Å². The van der Waals surface area contributed by atoms with E-state index in [0.29, 0.717) is 16.9 Å². The molecule has 3 rings (SSSR count). The van der Waals surface area contributed by atoms with Crippen molar-refractivity contribution >= 4 is 32.5 Å². The molecule has 0 radical (unpaired) electrons. The van der Waals surface area contributed by atoms with Gasteiger partial charge in [-0.3, -0.25) is 4.79 Å². The molecule has 0 aliphatic carbocycles. The van der Waals surface area contributed by atoms with Gasteiger partial charge < -0.3 is 4.42 Å². The fourth-order valence-electron chi connectivity index (χ4n) is 2.37. The second-order valence-electron chi connectivity index (χ2n) is 4.86. The monoisotopic (exact) mass is 328 g/mol. The van der Waals surface area contributed by atoms with E-state index in [1.54, 1.807) is 6.07 Å². The van der Waals surface area contributed by atoms with Crippen LogP contribution in [0.15, 0.2) is 51.4 Å². The number of benzene rings is 2. The van der Waals surface area contributed by atoms with Gasteiger partial charge in [-0.25, -0.2) is 0 Å². The Labute approximate surface area is 125 Å². The Morgan fingerprint density at radius 2 is 1.70 bits per heavy atom. The molecule has 0 saturated carbocycles. The third kappa shape index (κ3) is 2.29. The number of ketones is 1. The van der Waals surface area contributed by atoms with Gasteiger partial charge in [0.15, 0.2) is 5.78 Å². The van der Waals surface area contributed by atoms with Crippen molar-refractivity contribution in [2.75, 3.05) is 0 Å². The van der Waals surface area contributed by atoms with Crippen LogP contribution in [-0.2, 0) is 0 Å². The molecule has 2 aromatic carbocycles. The summed E-state index contributed by atoms with van der Waals surface area (Å²) in [5, 5.41) is 2.16. The average molecular weight is 329 g/mol. The second-order valence-corrected chi connectivity index (χ2v) is 5.78. The third-order valence-electron chi connectivity index (χ3n) is 3.35. The highest BCUT2D eigenvalue weighted by molar-refractivity contribution is 9.10. The van der Waals surface area contributed by atoms with Crippen molar-refractivity contribution in [1.29, 1.82) is 0 Å². The zero-order valence-corrected chi connectivity index (χ0v) is 12.8. The molecule has 0 saturated heterocycles. The van der Waals surface area contributed by atoms with Gasteiger partial charge in [0.2, 0.25) is 0 Å². The van der Waals surface area contributed by atoms with E-state index in [-0.39, 0.29) is 5.78 Å². The lowest BCUT2D eigenvalue weighted by Crippen LogP contribution is -2.01. The summed E-state index contributed by atoms with van der Waals surface area (Å²) in [7, 11) is 0. The Hall–Kier alpha value is -1.87. The third-order valence-corrected chi connectivity index (χ3v) is 3.84. The van der Waals surface area contributed by atoms with Crippen LogP contribution in [0.3, 0.4) is 0 Å². The van der Waals surface area contributed by atoms with Crippen LogP contribution in [0.5, 0.6) is 0 Å². The quantitative estimate of drug-likeness (QED) is 0.616. The first-order chi connectivity index (χ1) is 9.54. The number of carbonyl (C=O) groups excluding carboxylic acids is 1. The van der Waals surface area contributed by atoms with Crippen molar-refractivity contribution in [2.45, 2.75) is 13.8 Å². The summed E-state index contributed by atoms with van der Waals surface area (Å²) in [6.07, 6.45) is 0. The molecule has 0 fully saturated rings. The van der Waals surface area contributed by atoms with E-state index in [9.17, 15) is 4.79 Å². The predicted octanol–water partition coefficient (Wildman–Crippen LogP) is 5.04. The fraction of sp³-hybridized carbons (Fsp3) is 0.118. The number of halogens is 1. The summed E-state index contributed by atoms with van der Waals surface area (Å²) in [5.74, 6) is 1.43. The number of aryl methyl sites for hydroxylation is 2. The molecule has 0 atom stereocenters. The molecular weight excluding hydrogens is 316 g/mol. The molecule has 0 bridgehead atoms. The number of fused-ring (bicyclic) bond motifs is 1. The first-order valence-corrected chi connectivity index (χ1v) is 7.15. The van der Waals surface area contributed by atoms with Gasteiger partial charge in [0.05, 0.1) is 5.56 Å². The van der Waals surface area contributed by atoms with E-state index in [1.807, 2.05) is 50.2 Å². The van der Waals surface area contributed by atoms with Crippen molar-refractivity contribution < 1.29 is 9.21 Å². The highest BCUT2D eigenvalue weighted by Crippen LogP contribution is 2.23. The van der Waals surface area contributed by atoms with Crippen molar-refractivity contribution in [1.82, 2.24) is 0 Å². The molecule has 3 heteroatoms. The van der Waals surface area contributed by atoms with Crippen LogP contribution in [0.4, 0.5) is 0 Å². The van der Waals surface area contributed by atoms with E-state index in [1.165, 1.54) is 0 Å². The lowest BCUT2D eigenvalue weighted by molar-refractivity contribution is 0.103. The summed E-state index contributed by atoms with van der Waals surface area (Å²) in [6.45, 7) is 3.67. The highest BCUT2D eigenvalue weighted by Gasteiger charge is 2.15. The minimum absolute atomic E-state index is 0.00386. The molecular formula is C17H13BrO2. The summed E-state index contributed by atoms with van der Waals surface area (Å²) in [6, 6.07) is 13.6. The van der Waals surface area contributed by atoms with Gasteiger partial charge in [0.1, 0.15) is 11.5 Å². The van der Waals surface area contributed by atoms with Crippen LogP contribution in [0, 0.1) is 13.8 Å². The Morgan fingerprint density at radius 3 is 2.40 bits per heavy atom. The van der Waals surface area contributed by atoms with E-state index < -0.39 is 0 Å². The minimum Gasteiger partial charge on any atom is -0.466 e. The largest absolute Gasteiger partial charge is 0.466 e. The van der Waals surface area contributed by atoms with Gasteiger partial charge in [0.25, 0.3) is 0 Å². The molecule has 3 aromatic rings. The van der Waals surface area contributed by atoms with Gasteiger partial charge in [-0.15, -0.1) is 0 Å². The lowest BCUT2D eigenvalue weighted by atomic mass is 10.0. The molecule has 2 nitrogen and oxygen atoms in total. The van der Waals surface area contributed by atoms with Crippen molar-refractivity contribution in [2.24, 2.45) is 0 Å². The molecule has 20 heavy (non-hydrogen) atoms. The van der Waals surface area contributed by atoms with Gasteiger partial charge in [-0.2, -0.15) is 0 Å². The normalized spacial score (nSPS) is 10.9. The van der Waals surface area contributed by atoms with Crippen LogP contribution in [-0.4, -0.2) is 5.78 Å². The smallest absolute Gasteiger partial charge is 0.196 e. The molecule has 100 valence electrons. The van der Waals surface area contributed by atoms with Crippen molar-refractivity contribution in [3.63, 3.8) is 0 Å². The molecule has 0 unspecified atom stereocenters. The van der Waals surface area contributed by atoms with Crippen LogP contribution in [0.25, 0.3) is 10.8 Å². The molecule has 0 amide bonds. The van der Waals surface area contributed by atoms with Crippen LogP contribution < -0.4 is 0 Å². The van der Waals surface area contributed by atoms with E-state index in [2.05, 4.69) is 15.9 Å². The maximum atomic E-state index is 12.5. The predicted molar refractivity (Wildman–Crippen MR) is 83.3 cm³/mol. The molecule has 0 aliphatic heterocycles. The van der Waals surface area contributed by atoms with Crippen LogP contribution in [0.1, 0.15) is 27.4 Å². The Kier molecular flexibility index (Phi) is 3.22. The molecule has 0 N–H and O–H groups in total. The van der Waals surface area contributed by atoms with Gasteiger partial charge >= 0.3 is 0 Å². The molecule has 0 spiro atoms. The zero-order valence-electron chi connectivity index (χ0n) is 11.2. The molecule has 1 heterocycles. The lowest BCUT2D eigenvalue weighted by Gasteiger charge is -2.03. The van der Waals surface area contributed by atoms with Crippen LogP contribution in [0.2, 0.25) is 0 Å². The topological polar surface area (TPSA) is 30.2 Å². The maximum Gasteiger partial charge on any atom is 0.196 e. The van der Waals surface area contributed by atoms with Crippen LogP contribution >= 0.6 is 15.9 Å². The SMILES string of the molecule is Cc1cc(C(=O)c2ccc3cc(Br)ccc3c2)c(C)o1. The van der Waals surface area contributed by atoms with Crippen molar-refractivity contribution in [3.05, 3.63) is 69.6 Å². The number of furan rings is 1. The van der Waals surface area contributed by atoms with E-state index in [4.69, 9.17) is 4.42 Å². The van der Waals surface area contributed by atoms with Gasteiger partial charge in [-0.1, -0.05) is 34.1 Å². The highest BCUT2D eigenvalue weighted by atomic mass is 79.9. The molecule has 0 aliphatic rings. The standard InChI is InChI=1S/C17H13BrO2/c1-10-7-16(11(2)20-10)17(19)14-4-3-13-9-15(18)6-5-12(13)8-14/h3-9H,1-2H3.